The van der Waals surface area contributed by atoms with Gasteiger partial charge in [0.2, 0.25) is 0 Å². The van der Waals surface area contributed by atoms with Crippen molar-refractivity contribution in [1.29, 1.82) is 0 Å². The summed E-state index contributed by atoms with van der Waals surface area (Å²) in [5.74, 6) is -0.507. The Morgan fingerprint density at radius 2 is 1.12 bits per heavy atom. The molecule has 2 aromatic carbocycles. The Kier molecular flexibility index (Phi) is 6.89. The van der Waals surface area contributed by atoms with E-state index in [1.54, 1.807) is 32.0 Å². The van der Waals surface area contributed by atoms with Crippen LogP contribution in [0, 0.1) is 0 Å². The second-order valence-corrected chi connectivity index (χ2v) is 9.01. The maximum atomic E-state index is 12.0. The van der Waals surface area contributed by atoms with E-state index in [0.717, 1.165) is 0 Å². The van der Waals surface area contributed by atoms with Crippen LogP contribution in [0.2, 0.25) is 0 Å². The second kappa shape index (κ2) is 7.64. The summed E-state index contributed by atoms with van der Waals surface area (Å²) < 4.78 is 67.3. The SMILES string of the molecule is CC(C)c1c(S(=O)(=O)O)c(S(=O)(=O)O)c2ccccc2c1C(C)C.[NaH]. The molecule has 2 N–H and O–H groups in total. The van der Waals surface area contributed by atoms with Crippen molar-refractivity contribution in [1.82, 2.24) is 0 Å². The van der Waals surface area contributed by atoms with Crippen molar-refractivity contribution in [2.24, 2.45) is 0 Å². The van der Waals surface area contributed by atoms with Gasteiger partial charge in [0, 0.05) is 5.39 Å². The van der Waals surface area contributed by atoms with E-state index in [2.05, 4.69) is 0 Å². The molecule has 0 fully saturated rings. The predicted molar refractivity (Wildman–Crippen MR) is 98.9 cm³/mol. The zero-order chi connectivity index (χ0) is 18.4. The van der Waals surface area contributed by atoms with E-state index < -0.39 is 30.0 Å². The molecule has 0 heterocycles. The summed E-state index contributed by atoms with van der Waals surface area (Å²) >= 11 is 0. The van der Waals surface area contributed by atoms with Crippen molar-refractivity contribution in [2.75, 3.05) is 0 Å². The number of rotatable bonds is 4. The molecule has 134 valence electrons. The summed E-state index contributed by atoms with van der Waals surface area (Å²) in [7, 11) is -9.76. The fourth-order valence-corrected chi connectivity index (χ4v) is 5.54. The zero-order valence-electron chi connectivity index (χ0n) is 13.8. The van der Waals surface area contributed by atoms with Crippen LogP contribution in [-0.4, -0.2) is 55.5 Å². The van der Waals surface area contributed by atoms with E-state index in [0.29, 0.717) is 10.9 Å². The van der Waals surface area contributed by atoms with Gasteiger partial charge in [-0.15, -0.1) is 0 Å². The molecule has 2 rings (SSSR count). The van der Waals surface area contributed by atoms with Gasteiger partial charge in [-0.1, -0.05) is 52.0 Å². The van der Waals surface area contributed by atoms with Crippen LogP contribution in [-0.2, 0) is 20.2 Å². The van der Waals surface area contributed by atoms with Gasteiger partial charge in [-0.2, -0.15) is 16.8 Å². The van der Waals surface area contributed by atoms with Crippen LogP contribution in [0.4, 0.5) is 0 Å². The molecule has 25 heavy (non-hydrogen) atoms. The Hall–Kier alpha value is -0.480. The summed E-state index contributed by atoms with van der Waals surface area (Å²) in [4.78, 5) is -1.50. The first-order valence-electron chi connectivity index (χ1n) is 7.40. The molecule has 0 radical (unpaired) electrons. The normalized spacial score (nSPS) is 12.6. The fraction of sp³-hybridized carbons (Fsp3) is 0.375. The van der Waals surface area contributed by atoms with Crippen LogP contribution in [0.5, 0.6) is 0 Å². The van der Waals surface area contributed by atoms with Gasteiger partial charge in [0.15, 0.2) is 0 Å². The number of benzene rings is 2. The quantitative estimate of drug-likeness (QED) is 0.608. The Morgan fingerprint density at radius 1 is 0.720 bits per heavy atom. The van der Waals surface area contributed by atoms with Gasteiger partial charge in [0.1, 0.15) is 9.79 Å². The first-order chi connectivity index (χ1) is 10.9. The molecule has 6 nitrogen and oxygen atoms in total. The van der Waals surface area contributed by atoms with Gasteiger partial charge in [0.05, 0.1) is 0 Å². The summed E-state index contributed by atoms with van der Waals surface area (Å²) in [5.41, 5.74) is 0.847. The van der Waals surface area contributed by atoms with E-state index >= 15 is 0 Å². The molecule has 2 aromatic rings. The van der Waals surface area contributed by atoms with Crippen LogP contribution in [0.15, 0.2) is 34.1 Å². The second-order valence-electron chi connectivity index (χ2n) is 6.29. The third-order valence-corrected chi connectivity index (χ3v) is 5.88. The minimum absolute atomic E-state index is 0. The first-order valence-corrected chi connectivity index (χ1v) is 10.3. The molecule has 0 atom stereocenters. The standard InChI is InChI=1S/C16H20O6S2.Na.H/c1-9(2)13-11-7-5-6-8-12(11)15(23(17,18)19)16(24(20,21)22)14(13)10(3)4;;/h5-10H,1-4H3,(H,17,18,19)(H,20,21,22);;. The van der Waals surface area contributed by atoms with E-state index in [9.17, 15) is 25.9 Å². The molecule has 0 aliphatic carbocycles. The molecule has 0 amide bonds. The van der Waals surface area contributed by atoms with Gasteiger partial charge in [-0.3, -0.25) is 9.11 Å². The molecule has 0 spiro atoms. The minimum atomic E-state index is -4.88. The topological polar surface area (TPSA) is 109 Å². The number of hydrogen-bond acceptors (Lipinski definition) is 4. The van der Waals surface area contributed by atoms with Crippen molar-refractivity contribution in [3.8, 4) is 0 Å². The summed E-state index contributed by atoms with van der Waals surface area (Å²) in [6.07, 6.45) is 0. The van der Waals surface area contributed by atoms with Crippen LogP contribution in [0.1, 0.15) is 50.7 Å². The number of hydrogen-bond donors (Lipinski definition) is 2. The molecule has 0 saturated heterocycles. The average molecular weight is 396 g/mol. The van der Waals surface area contributed by atoms with Gasteiger partial charge < -0.3 is 0 Å². The van der Waals surface area contributed by atoms with Crippen LogP contribution in [0.25, 0.3) is 10.8 Å². The molecule has 0 aliphatic rings. The molecule has 0 saturated carbocycles. The molecular formula is C16H21NaO6S2. The average Bonchev–Trinajstić information content (AvgIpc) is 2.41. The van der Waals surface area contributed by atoms with Crippen LogP contribution in [0.3, 0.4) is 0 Å². The predicted octanol–water partition coefficient (Wildman–Crippen LogP) is 2.93. The van der Waals surface area contributed by atoms with Gasteiger partial charge in [0.25, 0.3) is 20.2 Å². The van der Waals surface area contributed by atoms with Gasteiger partial charge in [-0.25, -0.2) is 0 Å². The number of fused-ring (bicyclic) bond motifs is 1. The maximum absolute atomic E-state index is 12.0. The van der Waals surface area contributed by atoms with Crippen LogP contribution < -0.4 is 0 Å². The van der Waals surface area contributed by atoms with E-state index in [-0.39, 0.29) is 52.3 Å². The molecular weight excluding hydrogens is 375 g/mol. The van der Waals surface area contributed by atoms with Crippen molar-refractivity contribution in [3.63, 3.8) is 0 Å². The molecule has 0 unspecified atom stereocenters. The summed E-state index contributed by atoms with van der Waals surface area (Å²) in [6.45, 7) is 7.12. The third-order valence-electron chi connectivity index (χ3n) is 3.87. The van der Waals surface area contributed by atoms with Gasteiger partial charge >= 0.3 is 29.6 Å². The first kappa shape index (κ1) is 22.6. The van der Waals surface area contributed by atoms with Crippen molar-refractivity contribution < 1.29 is 25.9 Å². The van der Waals surface area contributed by atoms with E-state index in [1.165, 1.54) is 6.07 Å². The zero-order valence-corrected chi connectivity index (χ0v) is 15.4. The monoisotopic (exact) mass is 396 g/mol. The third kappa shape index (κ3) is 4.27. The molecule has 9 heteroatoms. The van der Waals surface area contributed by atoms with Crippen LogP contribution >= 0.6 is 0 Å². The van der Waals surface area contributed by atoms with Crippen molar-refractivity contribution in [3.05, 3.63) is 35.4 Å². The Labute approximate surface area is 170 Å². The summed E-state index contributed by atoms with van der Waals surface area (Å²) in [6, 6.07) is 6.35. The Balaban J connectivity index is 0.00000312. The fourth-order valence-electron chi connectivity index (χ4n) is 3.14. The summed E-state index contributed by atoms with van der Waals surface area (Å²) in [5, 5.41) is 0.608. The molecule has 0 bridgehead atoms. The van der Waals surface area contributed by atoms with E-state index in [4.69, 9.17) is 0 Å². The Bertz CT molecular complexity index is 1010. The molecule has 0 aliphatic heterocycles. The van der Waals surface area contributed by atoms with Gasteiger partial charge in [-0.05, 0) is 28.3 Å². The van der Waals surface area contributed by atoms with Crippen molar-refractivity contribution >= 4 is 60.6 Å². The van der Waals surface area contributed by atoms with E-state index in [1.807, 2.05) is 13.8 Å². The van der Waals surface area contributed by atoms with Crippen molar-refractivity contribution in [2.45, 2.75) is 49.3 Å². The Morgan fingerprint density at radius 3 is 1.48 bits per heavy atom. The molecule has 0 aromatic heterocycles.